The first-order valence-electron chi connectivity index (χ1n) is 7.76. The Hall–Kier alpha value is -2.50. The molecular formula is C19H19N3OS. The number of aryl methyl sites for hydroxylation is 1. The van der Waals surface area contributed by atoms with Crippen LogP contribution in [0.4, 0.5) is 5.13 Å². The smallest absolute Gasteiger partial charge is 0.247 e. The first-order chi connectivity index (χ1) is 11.7. The zero-order chi connectivity index (χ0) is 16.8. The van der Waals surface area contributed by atoms with Gasteiger partial charge in [-0.1, -0.05) is 60.2 Å². The molecule has 24 heavy (non-hydrogen) atoms. The van der Waals surface area contributed by atoms with Crippen LogP contribution in [0.25, 0.3) is 0 Å². The number of carbonyl (C=O) groups is 1. The maximum absolute atomic E-state index is 12.7. The van der Waals surface area contributed by atoms with Crippen molar-refractivity contribution in [1.29, 1.82) is 0 Å². The number of aromatic nitrogens is 1. The van der Waals surface area contributed by atoms with Crippen LogP contribution in [0, 0.1) is 6.92 Å². The lowest BCUT2D eigenvalue weighted by Crippen LogP contribution is -2.32. The molecular weight excluding hydrogens is 318 g/mol. The second-order valence-electron chi connectivity index (χ2n) is 5.54. The summed E-state index contributed by atoms with van der Waals surface area (Å²) in [6, 6.07) is 17.6. The molecule has 0 fully saturated rings. The molecule has 0 bridgehead atoms. The molecule has 3 rings (SSSR count). The second-order valence-corrected chi connectivity index (χ2v) is 6.43. The van der Waals surface area contributed by atoms with E-state index >= 15 is 0 Å². The van der Waals surface area contributed by atoms with Crippen molar-refractivity contribution in [3.05, 3.63) is 82.9 Å². The average Bonchev–Trinajstić information content (AvgIpc) is 3.11. The van der Waals surface area contributed by atoms with Crippen molar-refractivity contribution in [2.45, 2.75) is 19.5 Å². The quantitative estimate of drug-likeness (QED) is 0.717. The number of amides is 1. The zero-order valence-electron chi connectivity index (χ0n) is 13.4. The monoisotopic (exact) mass is 337 g/mol. The van der Waals surface area contributed by atoms with Gasteiger partial charge in [-0.15, -0.1) is 11.3 Å². The zero-order valence-corrected chi connectivity index (χ0v) is 14.2. The van der Waals surface area contributed by atoms with Gasteiger partial charge in [-0.3, -0.25) is 10.1 Å². The molecule has 5 heteroatoms. The van der Waals surface area contributed by atoms with E-state index < -0.39 is 6.04 Å². The van der Waals surface area contributed by atoms with Crippen molar-refractivity contribution < 1.29 is 4.79 Å². The first kappa shape index (κ1) is 16.4. The van der Waals surface area contributed by atoms with Gasteiger partial charge in [0.15, 0.2) is 5.13 Å². The summed E-state index contributed by atoms with van der Waals surface area (Å²) in [6.07, 6.45) is 1.68. The van der Waals surface area contributed by atoms with E-state index in [0.717, 1.165) is 11.1 Å². The number of benzene rings is 2. The van der Waals surface area contributed by atoms with E-state index in [1.807, 2.05) is 35.7 Å². The van der Waals surface area contributed by atoms with Crippen molar-refractivity contribution in [3.63, 3.8) is 0 Å². The maximum atomic E-state index is 12.7. The molecule has 0 radical (unpaired) electrons. The minimum atomic E-state index is -0.434. The molecule has 0 unspecified atom stereocenters. The summed E-state index contributed by atoms with van der Waals surface area (Å²) < 4.78 is 0. The summed E-state index contributed by atoms with van der Waals surface area (Å²) in [5, 5.41) is 8.67. The molecule has 4 nitrogen and oxygen atoms in total. The van der Waals surface area contributed by atoms with Crippen LogP contribution in [0.2, 0.25) is 0 Å². The number of hydrogen-bond donors (Lipinski definition) is 2. The standard InChI is InChI=1S/C19H19N3OS/c1-14-7-9-15(10-8-14)13-21-17(16-5-3-2-4-6-16)18(23)22-19-20-11-12-24-19/h2-12,17,21H,13H2,1H3,(H,20,22,23)/t17-/m0/s1. The van der Waals surface area contributed by atoms with Gasteiger partial charge in [-0.2, -0.15) is 0 Å². The van der Waals surface area contributed by atoms with Gasteiger partial charge < -0.3 is 5.32 Å². The molecule has 1 heterocycles. The van der Waals surface area contributed by atoms with Crippen molar-refractivity contribution >= 4 is 22.4 Å². The molecule has 0 saturated heterocycles. The number of rotatable bonds is 6. The molecule has 0 aliphatic carbocycles. The fourth-order valence-corrected chi connectivity index (χ4v) is 2.93. The van der Waals surface area contributed by atoms with Gasteiger partial charge in [0.25, 0.3) is 0 Å². The van der Waals surface area contributed by atoms with Gasteiger partial charge in [-0.05, 0) is 18.1 Å². The fraction of sp³-hybridized carbons (Fsp3) is 0.158. The fourth-order valence-electron chi connectivity index (χ4n) is 2.40. The third-order valence-electron chi connectivity index (χ3n) is 3.69. The molecule has 3 aromatic rings. The lowest BCUT2D eigenvalue weighted by molar-refractivity contribution is -0.118. The Morgan fingerprint density at radius 2 is 1.88 bits per heavy atom. The SMILES string of the molecule is Cc1ccc(CN[C@H](C(=O)Nc2nccs2)c2ccccc2)cc1. The Morgan fingerprint density at radius 1 is 1.12 bits per heavy atom. The summed E-state index contributed by atoms with van der Waals surface area (Å²) in [6.45, 7) is 2.68. The minimum Gasteiger partial charge on any atom is -0.300 e. The molecule has 0 aliphatic heterocycles. The molecule has 1 atom stereocenters. The predicted octanol–water partition coefficient (Wildman–Crippen LogP) is 3.92. The summed E-state index contributed by atoms with van der Waals surface area (Å²) in [4.78, 5) is 16.8. The molecule has 0 aliphatic rings. The van der Waals surface area contributed by atoms with Crippen LogP contribution >= 0.6 is 11.3 Å². The minimum absolute atomic E-state index is 0.108. The van der Waals surface area contributed by atoms with Gasteiger partial charge >= 0.3 is 0 Å². The van der Waals surface area contributed by atoms with Crippen molar-refractivity contribution in [2.24, 2.45) is 0 Å². The molecule has 122 valence electrons. The number of anilines is 1. The van der Waals surface area contributed by atoms with E-state index in [0.29, 0.717) is 11.7 Å². The van der Waals surface area contributed by atoms with Gasteiger partial charge in [0.1, 0.15) is 6.04 Å². The third kappa shape index (κ3) is 4.28. The summed E-state index contributed by atoms with van der Waals surface area (Å²) in [5.41, 5.74) is 3.29. The van der Waals surface area contributed by atoms with Crippen LogP contribution in [0.5, 0.6) is 0 Å². The normalized spacial score (nSPS) is 11.9. The van der Waals surface area contributed by atoms with Gasteiger partial charge in [-0.25, -0.2) is 4.98 Å². The largest absolute Gasteiger partial charge is 0.300 e. The number of nitrogens with one attached hydrogen (secondary N) is 2. The highest BCUT2D eigenvalue weighted by atomic mass is 32.1. The highest BCUT2D eigenvalue weighted by Crippen LogP contribution is 2.18. The van der Waals surface area contributed by atoms with Gasteiger partial charge in [0, 0.05) is 18.1 Å². The van der Waals surface area contributed by atoms with E-state index in [4.69, 9.17) is 0 Å². The second kappa shape index (κ2) is 7.86. The Balaban J connectivity index is 1.74. The third-order valence-corrected chi connectivity index (χ3v) is 4.38. The van der Waals surface area contributed by atoms with Crippen LogP contribution in [0.1, 0.15) is 22.7 Å². The van der Waals surface area contributed by atoms with E-state index in [9.17, 15) is 4.79 Å². The molecule has 1 aromatic heterocycles. The van der Waals surface area contributed by atoms with E-state index in [1.54, 1.807) is 6.20 Å². The van der Waals surface area contributed by atoms with Crippen molar-refractivity contribution in [3.8, 4) is 0 Å². The molecule has 2 aromatic carbocycles. The summed E-state index contributed by atoms with van der Waals surface area (Å²) in [5.74, 6) is -0.108. The Bertz CT molecular complexity index is 770. The van der Waals surface area contributed by atoms with Crippen LogP contribution in [-0.4, -0.2) is 10.9 Å². The predicted molar refractivity (Wildman–Crippen MR) is 97.9 cm³/mol. The number of carbonyl (C=O) groups excluding carboxylic acids is 1. The first-order valence-corrected chi connectivity index (χ1v) is 8.64. The maximum Gasteiger partial charge on any atom is 0.247 e. The van der Waals surface area contributed by atoms with E-state index in [1.165, 1.54) is 16.9 Å². The molecule has 2 N–H and O–H groups in total. The van der Waals surface area contributed by atoms with E-state index in [2.05, 4.69) is 46.8 Å². The Morgan fingerprint density at radius 3 is 2.54 bits per heavy atom. The number of hydrogen-bond acceptors (Lipinski definition) is 4. The Labute approximate surface area is 145 Å². The van der Waals surface area contributed by atoms with Crippen LogP contribution < -0.4 is 10.6 Å². The number of thiazole rings is 1. The van der Waals surface area contributed by atoms with Crippen molar-refractivity contribution in [1.82, 2.24) is 10.3 Å². The summed E-state index contributed by atoms with van der Waals surface area (Å²) in [7, 11) is 0. The average molecular weight is 337 g/mol. The molecule has 0 spiro atoms. The summed E-state index contributed by atoms with van der Waals surface area (Å²) >= 11 is 1.41. The lowest BCUT2D eigenvalue weighted by Gasteiger charge is -2.18. The highest BCUT2D eigenvalue weighted by molar-refractivity contribution is 7.13. The van der Waals surface area contributed by atoms with Crippen LogP contribution in [0.15, 0.2) is 66.2 Å². The molecule has 0 saturated carbocycles. The van der Waals surface area contributed by atoms with Crippen LogP contribution in [-0.2, 0) is 11.3 Å². The van der Waals surface area contributed by atoms with Crippen molar-refractivity contribution in [2.75, 3.05) is 5.32 Å². The van der Waals surface area contributed by atoms with E-state index in [-0.39, 0.29) is 5.91 Å². The topological polar surface area (TPSA) is 54.0 Å². The number of nitrogens with zero attached hydrogens (tertiary/aromatic N) is 1. The van der Waals surface area contributed by atoms with Gasteiger partial charge in [0.2, 0.25) is 5.91 Å². The van der Waals surface area contributed by atoms with Crippen LogP contribution in [0.3, 0.4) is 0 Å². The lowest BCUT2D eigenvalue weighted by atomic mass is 10.1. The Kier molecular flexibility index (Phi) is 5.36. The highest BCUT2D eigenvalue weighted by Gasteiger charge is 2.20. The molecule has 1 amide bonds. The van der Waals surface area contributed by atoms with Gasteiger partial charge in [0.05, 0.1) is 0 Å².